The molecule has 0 bridgehead atoms. The summed E-state index contributed by atoms with van der Waals surface area (Å²) in [6.45, 7) is 1.98. The zero-order valence-corrected chi connectivity index (χ0v) is 15.9. The van der Waals surface area contributed by atoms with E-state index in [4.69, 9.17) is 10.5 Å². The highest BCUT2D eigenvalue weighted by molar-refractivity contribution is 6.14. The van der Waals surface area contributed by atoms with Crippen molar-refractivity contribution in [2.75, 3.05) is 4.90 Å². The number of rotatable bonds is 2. The Morgan fingerprint density at radius 3 is 2.73 bits per heavy atom. The predicted octanol–water partition coefficient (Wildman–Crippen LogP) is 2.78. The number of aryl methyl sites for hydroxylation is 1. The number of ether oxygens (including phenoxy) is 1. The van der Waals surface area contributed by atoms with Crippen LogP contribution in [0.4, 0.5) is 10.1 Å². The van der Waals surface area contributed by atoms with Gasteiger partial charge in [-0.15, -0.1) is 5.10 Å². The zero-order valence-electron chi connectivity index (χ0n) is 15.9. The fraction of sp³-hybridized carbons (Fsp3) is 0.136. The Bertz CT molecular complexity index is 1270. The Balaban J connectivity index is 1.77. The van der Waals surface area contributed by atoms with Crippen LogP contribution in [0.1, 0.15) is 22.4 Å². The Labute approximate surface area is 171 Å². The van der Waals surface area contributed by atoms with Crippen LogP contribution in [-0.2, 0) is 16.8 Å². The van der Waals surface area contributed by atoms with Gasteiger partial charge in [0.25, 0.3) is 0 Å². The highest BCUT2D eigenvalue weighted by Crippen LogP contribution is 2.55. The number of carbonyl (C=O) groups is 1. The number of amides is 1. The average Bonchev–Trinajstić information content (AvgIpc) is 3.22. The molecule has 2 aromatic carbocycles. The Morgan fingerprint density at radius 2 is 2.00 bits per heavy atom. The van der Waals surface area contributed by atoms with Crippen LogP contribution in [0.3, 0.4) is 0 Å². The summed E-state index contributed by atoms with van der Waals surface area (Å²) in [7, 11) is 0. The van der Waals surface area contributed by atoms with E-state index in [2.05, 4.69) is 16.3 Å². The Kier molecular flexibility index (Phi) is 3.70. The van der Waals surface area contributed by atoms with Gasteiger partial charge in [-0.05, 0) is 30.7 Å². The van der Waals surface area contributed by atoms with Crippen molar-refractivity contribution in [3.63, 3.8) is 0 Å². The van der Waals surface area contributed by atoms with Gasteiger partial charge in [-0.1, -0.05) is 30.3 Å². The summed E-state index contributed by atoms with van der Waals surface area (Å²) in [5.74, 6) is -0.658. The number of para-hydroxylation sites is 1. The van der Waals surface area contributed by atoms with Gasteiger partial charge in [0, 0.05) is 16.9 Å². The minimum absolute atomic E-state index is 0.0264. The first-order chi connectivity index (χ1) is 14.5. The van der Waals surface area contributed by atoms with E-state index in [1.165, 1.54) is 12.1 Å². The molecule has 0 fully saturated rings. The van der Waals surface area contributed by atoms with Crippen molar-refractivity contribution in [3.05, 3.63) is 88.2 Å². The lowest BCUT2D eigenvalue weighted by Crippen LogP contribution is -2.45. The molecule has 0 radical (unpaired) electrons. The number of aromatic nitrogens is 2. The van der Waals surface area contributed by atoms with Crippen molar-refractivity contribution in [2.45, 2.75) is 18.9 Å². The maximum atomic E-state index is 14.1. The second kappa shape index (κ2) is 6.19. The lowest BCUT2D eigenvalue weighted by atomic mass is 9.69. The molecule has 7 nitrogen and oxygen atoms in total. The first-order valence-corrected chi connectivity index (χ1v) is 9.28. The van der Waals surface area contributed by atoms with Crippen molar-refractivity contribution in [3.8, 4) is 11.9 Å². The number of hydrogen-bond acceptors (Lipinski definition) is 5. The molecule has 1 atom stereocenters. The van der Waals surface area contributed by atoms with Crippen molar-refractivity contribution in [1.82, 2.24) is 10.2 Å². The lowest BCUT2D eigenvalue weighted by Gasteiger charge is -2.32. The number of fused-ring (bicyclic) bond motifs is 4. The van der Waals surface area contributed by atoms with E-state index in [1.54, 1.807) is 24.0 Å². The number of nitrogens with one attached hydrogen (secondary N) is 1. The topological polar surface area (TPSA) is 108 Å². The normalized spacial score (nSPS) is 19.5. The molecular weight excluding hydrogens is 385 g/mol. The summed E-state index contributed by atoms with van der Waals surface area (Å²) in [5, 5.41) is 17.0. The second-order valence-corrected chi connectivity index (χ2v) is 7.27. The molecule has 1 spiro atoms. The molecule has 1 unspecified atom stereocenters. The van der Waals surface area contributed by atoms with E-state index < -0.39 is 5.41 Å². The molecule has 0 saturated carbocycles. The van der Waals surface area contributed by atoms with Crippen LogP contribution in [0.5, 0.6) is 5.88 Å². The Morgan fingerprint density at radius 1 is 1.27 bits per heavy atom. The van der Waals surface area contributed by atoms with Crippen molar-refractivity contribution in [2.24, 2.45) is 5.73 Å². The van der Waals surface area contributed by atoms with Crippen LogP contribution >= 0.6 is 0 Å². The van der Waals surface area contributed by atoms with Gasteiger partial charge in [-0.25, -0.2) is 4.39 Å². The molecule has 30 heavy (non-hydrogen) atoms. The van der Waals surface area contributed by atoms with Crippen LogP contribution in [0.15, 0.2) is 60.0 Å². The monoisotopic (exact) mass is 401 g/mol. The number of aromatic amines is 1. The minimum atomic E-state index is -1.46. The number of H-pyrrole nitrogens is 1. The van der Waals surface area contributed by atoms with E-state index in [0.29, 0.717) is 22.5 Å². The molecule has 1 aromatic heterocycles. The summed E-state index contributed by atoms with van der Waals surface area (Å²) in [6.07, 6.45) is 0. The zero-order chi connectivity index (χ0) is 21.0. The van der Waals surface area contributed by atoms with Gasteiger partial charge in [0.2, 0.25) is 17.7 Å². The van der Waals surface area contributed by atoms with Crippen molar-refractivity contribution >= 4 is 11.6 Å². The minimum Gasteiger partial charge on any atom is -0.420 e. The standard InChI is InChI=1S/C22H16FN5O2/c1-12-18-20(27-26-12)30-19(25)16(10-24)22(18)15-4-2-3-5-17(15)28(21(22)29)11-13-6-8-14(23)9-7-13/h2-9H,11,25H2,1H3,(H,26,27). The molecule has 1 amide bonds. The number of halogens is 1. The molecule has 0 aliphatic carbocycles. The number of nitrogens with two attached hydrogens (primary N) is 1. The molecule has 2 aliphatic heterocycles. The van der Waals surface area contributed by atoms with Gasteiger partial charge < -0.3 is 15.4 Å². The maximum absolute atomic E-state index is 14.1. The van der Waals surface area contributed by atoms with Gasteiger partial charge in [-0.2, -0.15) is 5.26 Å². The van der Waals surface area contributed by atoms with Gasteiger partial charge in [-0.3, -0.25) is 9.89 Å². The van der Waals surface area contributed by atoms with Gasteiger partial charge in [0.15, 0.2) is 0 Å². The fourth-order valence-corrected chi connectivity index (χ4v) is 4.39. The number of nitriles is 1. The van der Waals surface area contributed by atoms with E-state index in [-0.39, 0.29) is 35.6 Å². The second-order valence-electron chi connectivity index (χ2n) is 7.27. The summed E-state index contributed by atoms with van der Waals surface area (Å²) < 4.78 is 18.9. The summed E-state index contributed by atoms with van der Waals surface area (Å²) >= 11 is 0. The first-order valence-electron chi connectivity index (χ1n) is 9.28. The molecule has 3 heterocycles. The highest BCUT2D eigenvalue weighted by atomic mass is 19.1. The van der Waals surface area contributed by atoms with Crippen LogP contribution in [0, 0.1) is 24.1 Å². The molecular formula is C22H16FN5O2. The first kappa shape index (κ1) is 17.9. The van der Waals surface area contributed by atoms with Crippen LogP contribution in [0.2, 0.25) is 0 Å². The van der Waals surface area contributed by atoms with Crippen molar-refractivity contribution < 1.29 is 13.9 Å². The quantitative estimate of drug-likeness (QED) is 0.687. The number of carbonyl (C=O) groups excluding carboxylic acids is 1. The average molecular weight is 401 g/mol. The lowest BCUT2D eigenvalue weighted by molar-refractivity contribution is -0.121. The predicted molar refractivity (Wildman–Crippen MR) is 106 cm³/mol. The van der Waals surface area contributed by atoms with Crippen LogP contribution < -0.4 is 15.4 Å². The molecule has 2 aliphatic rings. The smallest absolute Gasteiger partial charge is 0.248 e. The SMILES string of the molecule is Cc1[nH]nc2c1C1(C(=O)N(Cc3ccc(F)cc3)c3ccccc31)C(C#N)=C(N)O2. The van der Waals surface area contributed by atoms with E-state index in [1.807, 2.05) is 24.3 Å². The molecule has 5 rings (SSSR count). The van der Waals surface area contributed by atoms with Crippen molar-refractivity contribution in [1.29, 1.82) is 5.26 Å². The molecule has 3 aromatic rings. The molecule has 8 heteroatoms. The number of benzene rings is 2. The number of hydrogen-bond donors (Lipinski definition) is 2. The Hall–Kier alpha value is -4.12. The molecule has 3 N–H and O–H groups in total. The van der Waals surface area contributed by atoms with E-state index in [0.717, 1.165) is 5.56 Å². The van der Waals surface area contributed by atoms with Gasteiger partial charge in [0.05, 0.1) is 12.1 Å². The maximum Gasteiger partial charge on any atom is 0.248 e. The third-order valence-corrected chi connectivity index (χ3v) is 5.65. The molecule has 0 saturated heterocycles. The van der Waals surface area contributed by atoms with E-state index in [9.17, 15) is 14.4 Å². The fourth-order valence-electron chi connectivity index (χ4n) is 4.39. The highest BCUT2D eigenvalue weighted by Gasteiger charge is 2.60. The number of anilines is 1. The third-order valence-electron chi connectivity index (χ3n) is 5.65. The molecule has 148 valence electrons. The summed E-state index contributed by atoms with van der Waals surface area (Å²) in [6, 6.07) is 15.3. The van der Waals surface area contributed by atoms with Crippen LogP contribution in [-0.4, -0.2) is 16.1 Å². The summed E-state index contributed by atoms with van der Waals surface area (Å²) in [5.41, 5.74) is 7.76. The van der Waals surface area contributed by atoms with Gasteiger partial charge in [0.1, 0.15) is 22.9 Å². The number of nitrogens with zero attached hydrogens (tertiary/aromatic N) is 3. The van der Waals surface area contributed by atoms with Crippen LogP contribution in [0.25, 0.3) is 0 Å². The third kappa shape index (κ3) is 2.17. The summed E-state index contributed by atoms with van der Waals surface area (Å²) in [4.78, 5) is 15.6. The van der Waals surface area contributed by atoms with E-state index >= 15 is 0 Å². The largest absolute Gasteiger partial charge is 0.420 e. The van der Waals surface area contributed by atoms with Gasteiger partial charge >= 0.3 is 0 Å².